The van der Waals surface area contributed by atoms with Crippen molar-refractivity contribution in [2.45, 2.75) is 45.2 Å². The fourth-order valence-corrected chi connectivity index (χ4v) is 4.11. The predicted molar refractivity (Wildman–Crippen MR) is 80.8 cm³/mol. The first-order chi connectivity index (χ1) is 9.81. The first-order valence-corrected chi connectivity index (χ1v) is 8.38. The number of nitrogens with zero attached hydrogens (tertiary/aromatic N) is 1. The molecule has 1 saturated heterocycles. The molecule has 0 amide bonds. The van der Waals surface area contributed by atoms with E-state index in [-0.39, 0.29) is 0 Å². The Morgan fingerprint density at radius 1 is 1.20 bits per heavy atom. The zero-order valence-electron chi connectivity index (χ0n) is 12.8. The third kappa shape index (κ3) is 3.58. The van der Waals surface area contributed by atoms with Crippen molar-refractivity contribution in [1.29, 1.82) is 0 Å². The second kappa shape index (κ2) is 6.68. The molecule has 2 heterocycles. The molecule has 110 valence electrons. The van der Waals surface area contributed by atoms with Gasteiger partial charge in [-0.3, -0.25) is 4.98 Å². The molecule has 3 nitrogen and oxygen atoms in total. The van der Waals surface area contributed by atoms with E-state index in [0.29, 0.717) is 0 Å². The van der Waals surface area contributed by atoms with Crippen LogP contribution in [-0.2, 0) is 6.54 Å². The molecule has 2 fully saturated rings. The Balaban J connectivity index is 1.47. The zero-order valence-corrected chi connectivity index (χ0v) is 12.8. The molecule has 1 aliphatic carbocycles. The molecule has 0 spiro atoms. The van der Waals surface area contributed by atoms with E-state index in [4.69, 9.17) is 0 Å². The Kier molecular flexibility index (Phi) is 4.69. The highest BCUT2D eigenvalue weighted by atomic mass is 15.3. The van der Waals surface area contributed by atoms with Crippen molar-refractivity contribution in [3.8, 4) is 0 Å². The molecule has 20 heavy (non-hydrogen) atoms. The second-order valence-corrected chi connectivity index (χ2v) is 6.91. The van der Waals surface area contributed by atoms with Gasteiger partial charge in [-0.15, -0.1) is 0 Å². The van der Waals surface area contributed by atoms with Gasteiger partial charge < -0.3 is 9.80 Å². The summed E-state index contributed by atoms with van der Waals surface area (Å²) in [6, 6.07) is 5.22. The molecular weight excluding hydrogens is 246 g/mol. The topological polar surface area (TPSA) is 21.8 Å². The van der Waals surface area contributed by atoms with E-state index in [9.17, 15) is 0 Å². The third-order valence-corrected chi connectivity index (χ3v) is 5.29. The van der Waals surface area contributed by atoms with Crippen LogP contribution in [0, 0.1) is 5.92 Å². The van der Waals surface area contributed by atoms with E-state index in [1.54, 1.807) is 4.90 Å². The van der Waals surface area contributed by atoms with Crippen LogP contribution in [0.25, 0.3) is 0 Å². The number of aromatic nitrogens is 1. The normalized spacial score (nSPS) is 34.9. The van der Waals surface area contributed by atoms with Crippen molar-refractivity contribution >= 4 is 0 Å². The molecule has 0 unspecified atom stereocenters. The molecule has 3 rings (SSSR count). The van der Waals surface area contributed by atoms with Crippen LogP contribution in [-0.4, -0.2) is 37.2 Å². The van der Waals surface area contributed by atoms with Gasteiger partial charge in [0.15, 0.2) is 0 Å². The Labute approximate surface area is 123 Å². The van der Waals surface area contributed by atoms with Crippen LogP contribution < -0.4 is 9.80 Å². The molecule has 2 atom stereocenters. The highest BCUT2D eigenvalue weighted by molar-refractivity contribution is 5.06. The van der Waals surface area contributed by atoms with Crippen LogP contribution in [0.2, 0.25) is 0 Å². The number of hydrogen-bond donors (Lipinski definition) is 2. The first-order valence-electron chi connectivity index (χ1n) is 8.38. The van der Waals surface area contributed by atoms with E-state index >= 15 is 0 Å². The first kappa shape index (κ1) is 14.0. The van der Waals surface area contributed by atoms with Crippen LogP contribution in [0.1, 0.15) is 38.2 Å². The van der Waals surface area contributed by atoms with Gasteiger partial charge in [0.1, 0.15) is 32.7 Å². The van der Waals surface area contributed by atoms with E-state index in [1.165, 1.54) is 57.4 Å². The van der Waals surface area contributed by atoms with E-state index in [0.717, 1.165) is 18.5 Å². The second-order valence-electron chi connectivity index (χ2n) is 6.91. The average molecular weight is 275 g/mol. The summed E-state index contributed by atoms with van der Waals surface area (Å²) in [7, 11) is 0. The third-order valence-electron chi connectivity index (χ3n) is 5.29. The SMILES string of the molecule is C[C@H]1CCC[C@H]([NH+]2CC[NH+](Cc3cccnc3)CC2)C1. The van der Waals surface area contributed by atoms with E-state index < -0.39 is 0 Å². The molecule has 2 N–H and O–H groups in total. The van der Waals surface area contributed by atoms with Gasteiger partial charge in [0.25, 0.3) is 0 Å². The molecule has 0 radical (unpaired) electrons. The van der Waals surface area contributed by atoms with Gasteiger partial charge in [-0.25, -0.2) is 0 Å². The Morgan fingerprint density at radius 3 is 2.75 bits per heavy atom. The standard InChI is InChI=1S/C17H27N3/c1-15-4-2-6-17(12-15)20-10-8-19(9-11-20)14-16-5-3-7-18-13-16/h3,5,7,13,15,17H,2,4,6,8-12,14H2,1H3/p+2/t15-,17-/m0/s1. The molecule has 3 heteroatoms. The van der Waals surface area contributed by atoms with Gasteiger partial charge in [0, 0.05) is 24.4 Å². The number of quaternary nitrogens is 2. The minimum Gasteiger partial charge on any atom is -0.323 e. The number of nitrogens with one attached hydrogen (secondary N) is 2. The van der Waals surface area contributed by atoms with Crippen LogP contribution in [0.15, 0.2) is 24.5 Å². The minimum atomic E-state index is 0.957. The number of pyridine rings is 1. The van der Waals surface area contributed by atoms with Gasteiger partial charge in [-0.05, 0) is 24.8 Å². The fraction of sp³-hybridized carbons (Fsp3) is 0.706. The van der Waals surface area contributed by atoms with Gasteiger partial charge in [0.05, 0.1) is 6.04 Å². The van der Waals surface area contributed by atoms with Gasteiger partial charge in [0.2, 0.25) is 0 Å². The largest absolute Gasteiger partial charge is 0.323 e. The molecule has 1 aliphatic heterocycles. The quantitative estimate of drug-likeness (QED) is 0.793. The molecule has 1 saturated carbocycles. The summed E-state index contributed by atoms with van der Waals surface area (Å²) in [6.07, 6.45) is 9.74. The summed E-state index contributed by atoms with van der Waals surface area (Å²) >= 11 is 0. The molecule has 2 aliphatic rings. The lowest BCUT2D eigenvalue weighted by molar-refractivity contribution is -1.03. The minimum absolute atomic E-state index is 0.957. The molecule has 0 bridgehead atoms. The molecule has 1 aromatic heterocycles. The average Bonchev–Trinajstić information content (AvgIpc) is 2.49. The summed E-state index contributed by atoms with van der Waals surface area (Å²) < 4.78 is 0. The number of rotatable bonds is 3. The smallest absolute Gasteiger partial charge is 0.127 e. The Bertz CT molecular complexity index is 398. The van der Waals surface area contributed by atoms with Crippen molar-refractivity contribution in [3.05, 3.63) is 30.1 Å². The lowest BCUT2D eigenvalue weighted by atomic mass is 9.86. The maximum atomic E-state index is 4.23. The molecule has 0 aromatic carbocycles. The maximum Gasteiger partial charge on any atom is 0.127 e. The lowest BCUT2D eigenvalue weighted by Gasteiger charge is -2.37. The van der Waals surface area contributed by atoms with Crippen molar-refractivity contribution < 1.29 is 9.80 Å². The van der Waals surface area contributed by atoms with Gasteiger partial charge in [-0.2, -0.15) is 0 Å². The van der Waals surface area contributed by atoms with E-state index in [1.807, 2.05) is 17.3 Å². The number of hydrogen-bond acceptors (Lipinski definition) is 1. The highest BCUT2D eigenvalue weighted by Crippen LogP contribution is 2.21. The lowest BCUT2D eigenvalue weighted by Crippen LogP contribution is -3.29. The highest BCUT2D eigenvalue weighted by Gasteiger charge is 2.32. The summed E-state index contributed by atoms with van der Waals surface area (Å²) in [6.45, 7) is 8.99. The zero-order chi connectivity index (χ0) is 13.8. The summed E-state index contributed by atoms with van der Waals surface area (Å²) in [5, 5.41) is 0. The molecular formula is C17H29N3+2. The van der Waals surface area contributed by atoms with Gasteiger partial charge in [-0.1, -0.05) is 19.4 Å². The summed E-state index contributed by atoms with van der Waals surface area (Å²) in [5.41, 5.74) is 1.39. The van der Waals surface area contributed by atoms with Crippen molar-refractivity contribution in [3.63, 3.8) is 0 Å². The number of piperazine rings is 1. The maximum absolute atomic E-state index is 4.23. The van der Waals surface area contributed by atoms with Crippen LogP contribution in [0.5, 0.6) is 0 Å². The van der Waals surface area contributed by atoms with Crippen LogP contribution in [0.4, 0.5) is 0 Å². The summed E-state index contributed by atoms with van der Waals surface area (Å²) in [4.78, 5) is 7.86. The van der Waals surface area contributed by atoms with Crippen LogP contribution >= 0.6 is 0 Å². The monoisotopic (exact) mass is 275 g/mol. The van der Waals surface area contributed by atoms with Crippen molar-refractivity contribution in [1.82, 2.24) is 4.98 Å². The predicted octanol–water partition coefficient (Wildman–Crippen LogP) is -0.0563. The Morgan fingerprint density at radius 2 is 2.05 bits per heavy atom. The Hall–Kier alpha value is -0.930. The van der Waals surface area contributed by atoms with Crippen LogP contribution in [0.3, 0.4) is 0 Å². The van der Waals surface area contributed by atoms with Crippen molar-refractivity contribution in [2.24, 2.45) is 5.92 Å². The van der Waals surface area contributed by atoms with E-state index in [2.05, 4.69) is 24.0 Å². The van der Waals surface area contributed by atoms with Gasteiger partial charge >= 0.3 is 0 Å². The molecule has 1 aromatic rings. The summed E-state index contributed by atoms with van der Waals surface area (Å²) in [5.74, 6) is 0.960. The van der Waals surface area contributed by atoms with Crippen molar-refractivity contribution in [2.75, 3.05) is 26.2 Å². The fourth-order valence-electron chi connectivity index (χ4n) is 4.11.